The predicted molar refractivity (Wildman–Crippen MR) is 82.3 cm³/mol. The highest BCUT2D eigenvalue weighted by Gasteiger charge is 2.20. The molecule has 1 heterocycles. The largest absolute Gasteiger partial charge is 0.328 e. The topological polar surface area (TPSA) is 79.0 Å². The Morgan fingerprint density at radius 1 is 1.19 bits per heavy atom. The number of rotatable bonds is 4. The van der Waals surface area contributed by atoms with Gasteiger partial charge in [-0.1, -0.05) is 29.3 Å². The number of aromatic amines is 1. The van der Waals surface area contributed by atoms with Crippen LogP contribution in [0.4, 0.5) is 0 Å². The summed E-state index contributed by atoms with van der Waals surface area (Å²) < 4.78 is 26.9. The van der Waals surface area contributed by atoms with Crippen LogP contribution in [0.2, 0.25) is 10.0 Å². The van der Waals surface area contributed by atoms with Crippen LogP contribution >= 0.6 is 23.2 Å². The van der Waals surface area contributed by atoms with Crippen LogP contribution in [0, 0.1) is 0 Å². The van der Waals surface area contributed by atoms with E-state index in [9.17, 15) is 13.2 Å². The standard InChI is InChI=1S/C13H12Cl2N2O3S/c1-8(11-4-2-9(14)6-12(11)15)17-21(19,20)10-3-5-13(18)16-7-10/h2-8,17H,1H3,(H,16,18). The Morgan fingerprint density at radius 2 is 1.90 bits per heavy atom. The monoisotopic (exact) mass is 346 g/mol. The molecule has 112 valence electrons. The van der Waals surface area contributed by atoms with Gasteiger partial charge in [0.2, 0.25) is 15.6 Å². The second kappa shape index (κ2) is 6.19. The molecule has 8 heteroatoms. The average Bonchev–Trinajstić information content (AvgIpc) is 2.38. The van der Waals surface area contributed by atoms with E-state index in [1.807, 2.05) is 0 Å². The van der Waals surface area contributed by atoms with Gasteiger partial charge in [0.05, 0.1) is 4.90 Å². The van der Waals surface area contributed by atoms with Crippen molar-refractivity contribution in [2.45, 2.75) is 17.9 Å². The summed E-state index contributed by atoms with van der Waals surface area (Å²) in [5.74, 6) is 0. The van der Waals surface area contributed by atoms with Gasteiger partial charge in [0, 0.05) is 28.4 Å². The van der Waals surface area contributed by atoms with Gasteiger partial charge in [-0.25, -0.2) is 13.1 Å². The molecule has 2 N–H and O–H groups in total. The van der Waals surface area contributed by atoms with Crippen molar-refractivity contribution in [3.05, 3.63) is 62.5 Å². The molecule has 0 aliphatic rings. The smallest absolute Gasteiger partial charge is 0.247 e. The van der Waals surface area contributed by atoms with Crippen LogP contribution in [-0.4, -0.2) is 13.4 Å². The third kappa shape index (κ3) is 3.85. The summed E-state index contributed by atoms with van der Waals surface area (Å²) in [6.45, 7) is 1.67. The zero-order valence-electron chi connectivity index (χ0n) is 10.9. The number of nitrogens with one attached hydrogen (secondary N) is 2. The number of hydrogen-bond donors (Lipinski definition) is 2. The molecule has 0 amide bonds. The highest BCUT2D eigenvalue weighted by molar-refractivity contribution is 7.89. The van der Waals surface area contributed by atoms with Crippen molar-refractivity contribution in [3.8, 4) is 0 Å². The lowest BCUT2D eigenvalue weighted by molar-refractivity contribution is 0.566. The Hall–Kier alpha value is -1.34. The zero-order chi connectivity index (χ0) is 15.6. The second-order valence-corrected chi connectivity index (χ2v) is 6.96. The third-order valence-electron chi connectivity index (χ3n) is 2.83. The number of hydrogen-bond acceptors (Lipinski definition) is 3. The average molecular weight is 347 g/mol. The molecule has 0 saturated carbocycles. The summed E-state index contributed by atoms with van der Waals surface area (Å²) in [6, 6.07) is 6.67. The van der Waals surface area contributed by atoms with Gasteiger partial charge in [0.1, 0.15) is 0 Å². The van der Waals surface area contributed by atoms with E-state index in [2.05, 4.69) is 9.71 Å². The summed E-state index contributed by atoms with van der Waals surface area (Å²) in [6.07, 6.45) is 1.14. The fourth-order valence-electron chi connectivity index (χ4n) is 1.78. The molecule has 0 radical (unpaired) electrons. The summed E-state index contributed by atoms with van der Waals surface area (Å²) in [5.41, 5.74) is 0.233. The van der Waals surface area contributed by atoms with E-state index in [1.54, 1.807) is 25.1 Å². The van der Waals surface area contributed by atoms with Crippen molar-refractivity contribution < 1.29 is 8.42 Å². The molecule has 2 aromatic rings. The van der Waals surface area contributed by atoms with Crippen molar-refractivity contribution in [3.63, 3.8) is 0 Å². The fraction of sp³-hybridized carbons (Fsp3) is 0.154. The van der Waals surface area contributed by atoms with Gasteiger partial charge in [-0.2, -0.15) is 0 Å². The van der Waals surface area contributed by atoms with Gasteiger partial charge in [-0.3, -0.25) is 4.79 Å². The summed E-state index contributed by atoms with van der Waals surface area (Å²) >= 11 is 11.9. The van der Waals surface area contributed by atoms with E-state index in [4.69, 9.17) is 23.2 Å². The molecule has 2 rings (SSSR count). The first-order valence-corrected chi connectivity index (χ1v) is 8.19. The maximum Gasteiger partial charge on any atom is 0.247 e. The molecule has 0 aliphatic heterocycles. The van der Waals surface area contributed by atoms with Crippen LogP contribution in [0.15, 0.2) is 46.2 Å². The molecule has 0 bridgehead atoms. The van der Waals surface area contributed by atoms with Crippen molar-refractivity contribution in [2.75, 3.05) is 0 Å². The maximum atomic E-state index is 12.2. The SMILES string of the molecule is CC(NS(=O)(=O)c1ccc(=O)[nH]c1)c1ccc(Cl)cc1Cl. The van der Waals surface area contributed by atoms with Gasteiger partial charge in [0.15, 0.2) is 0 Å². The van der Waals surface area contributed by atoms with E-state index in [0.717, 1.165) is 12.3 Å². The first kappa shape index (κ1) is 16.0. The van der Waals surface area contributed by atoms with Crippen LogP contribution in [0.25, 0.3) is 0 Å². The quantitative estimate of drug-likeness (QED) is 0.893. The number of H-pyrrole nitrogens is 1. The fourth-order valence-corrected chi connectivity index (χ4v) is 3.54. The van der Waals surface area contributed by atoms with E-state index in [-0.39, 0.29) is 10.5 Å². The Bertz CT molecular complexity index is 798. The van der Waals surface area contributed by atoms with Crippen LogP contribution in [0.1, 0.15) is 18.5 Å². The Balaban J connectivity index is 2.27. The van der Waals surface area contributed by atoms with Gasteiger partial charge >= 0.3 is 0 Å². The van der Waals surface area contributed by atoms with Gasteiger partial charge < -0.3 is 4.98 Å². The number of halogens is 2. The zero-order valence-corrected chi connectivity index (χ0v) is 13.3. The second-order valence-electron chi connectivity index (χ2n) is 4.40. The Kier molecular flexibility index (Phi) is 4.73. The molecular formula is C13H12Cl2N2O3S. The van der Waals surface area contributed by atoms with Crippen LogP contribution in [-0.2, 0) is 10.0 Å². The van der Waals surface area contributed by atoms with Crippen molar-refractivity contribution in [1.29, 1.82) is 0 Å². The van der Waals surface area contributed by atoms with Crippen LogP contribution in [0.3, 0.4) is 0 Å². The molecule has 1 atom stereocenters. The molecule has 0 fully saturated rings. The molecule has 5 nitrogen and oxygen atoms in total. The van der Waals surface area contributed by atoms with Gasteiger partial charge in [0.25, 0.3) is 0 Å². The van der Waals surface area contributed by atoms with E-state index < -0.39 is 16.1 Å². The molecular weight excluding hydrogens is 335 g/mol. The Labute approximate surface area is 132 Å². The van der Waals surface area contributed by atoms with Crippen molar-refractivity contribution in [1.82, 2.24) is 9.71 Å². The number of aromatic nitrogens is 1. The predicted octanol–water partition coefficient (Wildman–Crippen LogP) is 2.72. The summed E-state index contributed by atoms with van der Waals surface area (Å²) in [7, 11) is -3.76. The normalized spacial score (nSPS) is 13.1. The minimum atomic E-state index is -3.76. The van der Waals surface area contributed by atoms with Crippen LogP contribution < -0.4 is 10.3 Å². The molecule has 0 saturated heterocycles. The number of sulfonamides is 1. The van der Waals surface area contributed by atoms with Gasteiger partial charge in [-0.15, -0.1) is 0 Å². The lowest BCUT2D eigenvalue weighted by Crippen LogP contribution is -2.27. The molecule has 1 unspecified atom stereocenters. The maximum absolute atomic E-state index is 12.2. The molecule has 0 aliphatic carbocycles. The van der Waals surface area contributed by atoms with E-state index in [0.29, 0.717) is 15.6 Å². The molecule has 21 heavy (non-hydrogen) atoms. The van der Waals surface area contributed by atoms with E-state index in [1.165, 1.54) is 6.07 Å². The van der Waals surface area contributed by atoms with Crippen LogP contribution in [0.5, 0.6) is 0 Å². The lowest BCUT2D eigenvalue weighted by atomic mass is 10.1. The number of benzene rings is 1. The highest BCUT2D eigenvalue weighted by atomic mass is 35.5. The van der Waals surface area contributed by atoms with Crippen molar-refractivity contribution in [2.24, 2.45) is 0 Å². The Morgan fingerprint density at radius 3 is 2.48 bits per heavy atom. The van der Waals surface area contributed by atoms with Gasteiger partial charge in [-0.05, 0) is 30.7 Å². The van der Waals surface area contributed by atoms with E-state index >= 15 is 0 Å². The first-order chi connectivity index (χ1) is 9.79. The molecule has 1 aromatic heterocycles. The highest BCUT2D eigenvalue weighted by Crippen LogP contribution is 2.27. The third-order valence-corrected chi connectivity index (χ3v) is 4.93. The first-order valence-electron chi connectivity index (χ1n) is 5.95. The molecule has 0 spiro atoms. The summed E-state index contributed by atoms with van der Waals surface area (Å²) in [4.78, 5) is 13.3. The lowest BCUT2D eigenvalue weighted by Gasteiger charge is -2.16. The number of pyridine rings is 1. The molecule has 1 aromatic carbocycles. The summed E-state index contributed by atoms with van der Waals surface area (Å²) in [5, 5.41) is 0.846. The minimum absolute atomic E-state index is 0.0287. The minimum Gasteiger partial charge on any atom is -0.328 e. The van der Waals surface area contributed by atoms with Crippen molar-refractivity contribution >= 4 is 33.2 Å².